The summed E-state index contributed by atoms with van der Waals surface area (Å²) in [5, 5.41) is 0. The van der Waals surface area contributed by atoms with E-state index in [0.717, 1.165) is 64.2 Å². The number of unbranched alkanes of at least 4 members (excludes halogenated alkanes) is 3. The van der Waals surface area contributed by atoms with Crippen molar-refractivity contribution in [3.05, 3.63) is 18.6 Å². The lowest BCUT2D eigenvalue weighted by Gasteiger charge is -2.35. The summed E-state index contributed by atoms with van der Waals surface area (Å²) in [6.45, 7) is 3.96. The summed E-state index contributed by atoms with van der Waals surface area (Å²) in [7, 11) is 0. The predicted molar refractivity (Wildman–Crippen MR) is 97.5 cm³/mol. The summed E-state index contributed by atoms with van der Waals surface area (Å²) in [5.74, 6) is 1.17. The Kier molecular flexibility index (Phi) is 11.7. The molecule has 1 fully saturated rings. The smallest absolute Gasteiger partial charge is 0.222 e. The van der Waals surface area contributed by atoms with Gasteiger partial charge in [0.2, 0.25) is 5.91 Å². The minimum Gasteiger partial charge on any atom is -0.352 e. The number of nitrogens with two attached hydrogens (primary N) is 1. The molecule has 6 nitrogen and oxygen atoms in total. The highest BCUT2D eigenvalue weighted by Crippen LogP contribution is 2.13. The van der Waals surface area contributed by atoms with Crippen molar-refractivity contribution in [1.82, 2.24) is 14.9 Å². The minimum atomic E-state index is 0. The molecule has 1 aromatic heterocycles. The van der Waals surface area contributed by atoms with Crippen molar-refractivity contribution in [3.63, 3.8) is 0 Å². The number of hydrogen-bond acceptors (Lipinski definition) is 5. The van der Waals surface area contributed by atoms with Crippen molar-refractivity contribution in [3.8, 4) is 0 Å². The monoisotopic (exact) mass is 363 g/mol. The first-order valence-corrected chi connectivity index (χ1v) is 7.80. The largest absolute Gasteiger partial charge is 0.352 e. The van der Waals surface area contributed by atoms with Crippen LogP contribution in [0, 0.1) is 0 Å². The third-order valence-electron chi connectivity index (χ3n) is 3.85. The number of rotatable bonds is 7. The number of halogens is 2. The first-order valence-electron chi connectivity index (χ1n) is 7.80. The number of amides is 1. The molecule has 0 spiro atoms. The van der Waals surface area contributed by atoms with Crippen molar-refractivity contribution < 1.29 is 4.79 Å². The number of hydrogen-bond donors (Lipinski definition) is 1. The Morgan fingerprint density at radius 3 is 2.35 bits per heavy atom. The van der Waals surface area contributed by atoms with Gasteiger partial charge in [0.1, 0.15) is 5.82 Å². The van der Waals surface area contributed by atoms with Gasteiger partial charge in [0.25, 0.3) is 0 Å². The summed E-state index contributed by atoms with van der Waals surface area (Å²) in [4.78, 5) is 24.7. The second kappa shape index (κ2) is 12.3. The van der Waals surface area contributed by atoms with E-state index < -0.39 is 0 Å². The molecule has 0 aromatic carbocycles. The van der Waals surface area contributed by atoms with Crippen LogP contribution < -0.4 is 10.6 Å². The molecule has 2 heterocycles. The molecule has 0 saturated carbocycles. The number of aromatic nitrogens is 2. The highest BCUT2D eigenvalue weighted by Gasteiger charge is 2.21. The lowest BCUT2D eigenvalue weighted by Crippen LogP contribution is -2.49. The molecule has 2 rings (SSSR count). The molecular formula is C15H27Cl2N5O. The quantitative estimate of drug-likeness (QED) is 0.748. The van der Waals surface area contributed by atoms with Crippen LogP contribution in [0.3, 0.4) is 0 Å². The fraction of sp³-hybridized carbons (Fsp3) is 0.667. The summed E-state index contributed by atoms with van der Waals surface area (Å²) in [5.41, 5.74) is 5.46. The van der Waals surface area contributed by atoms with Gasteiger partial charge in [-0.2, -0.15) is 0 Å². The van der Waals surface area contributed by atoms with Crippen LogP contribution in [0.25, 0.3) is 0 Å². The Labute approximate surface area is 150 Å². The number of carbonyl (C=O) groups excluding carboxylic acids is 1. The lowest BCUT2D eigenvalue weighted by molar-refractivity contribution is -0.131. The predicted octanol–water partition coefficient (Wildman–Crippen LogP) is 1.88. The minimum absolute atomic E-state index is 0. The standard InChI is InChI=1S/C15H25N5O.2ClH/c16-6-4-2-1-3-5-15(21)20-11-9-19(10-12-20)14-13-17-7-8-18-14;;/h7-8,13H,1-6,9-12,16H2;2*1H. The Morgan fingerprint density at radius 1 is 1.04 bits per heavy atom. The van der Waals surface area contributed by atoms with Gasteiger partial charge in [-0.3, -0.25) is 9.78 Å². The molecule has 1 aliphatic rings. The van der Waals surface area contributed by atoms with E-state index >= 15 is 0 Å². The summed E-state index contributed by atoms with van der Waals surface area (Å²) in [6.07, 6.45) is 10.1. The fourth-order valence-corrected chi connectivity index (χ4v) is 2.57. The summed E-state index contributed by atoms with van der Waals surface area (Å²) < 4.78 is 0. The fourth-order valence-electron chi connectivity index (χ4n) is 2.57. The molecule has 0 radical (unpaired) electrons. The molecule has 0 atom stereocenters. The van der Waals surface area contributed by atoms with Crippen molar-refractivity contribution in [2.24, 2.45) is 5.73 Å². The van der Waals surface area contributed by atoms with E-state index in [9.17, 15) is 4.79 Å². The van der Waals surface area contributed by atoms with Crippen LogP contribution in [-0.2, 0) is 4.79 Å². The van der Waals surface area contributed by atoms with Crippen LogP contribution in [0.15, 0.2) is 18.6 Å². The molecular weight excluding hydrogens is 337 g/mol. The van der Waals surface area contributed by atoms with Crippen LogP contribution in [0.4, 0.5) is 5.82 Å². The highest BCUT2D eigenvalue weighted by molar-refractivity contribution is 5.85. The van der Waals surface area contributed by atoms with Crippen molar-refractivity contribution >= 4 is 36.5 Å². The zero-order valence-electron chi connectivity index (χ0n) is 13.4. The SMILES string of the molecule is Cl.Cl.NCCCCCCC(=O)N1CCN(c2cnccn2)CC1. The molecule has 23 heavy (non-hydrogen) atoms. The van der Waals surface area contributed by atoms with E-state index in [4.69, 9.17) is 5.73 Å². The Hall–Kier alpha value is -1.11. The summed E-state index contributed by atoms with van der Waals surface area (Å²) in [6, 6.07) is 0. The van der Waals surface area contributed by atoms with Crippen LogP contribution in [0.1, 0.15) is 32.1 Å². The van der Waals surface area contributed by atoms with E-state index in [1.54, 1.807) is 18.6 Å². The van der Waals surface area contributed by atoms with Gasteiger partial charge >= 0.3 is 0 Å². The summed E-state index contributed by atoms with van der Waals surface area (Å²) >= 11 is 0. The number of carbonyl (C=O) groups is 1. The van der Waals surface area contributed by atoms with Gasteiger partial charge in [-0.05, 0) is 19.4 Å². The van der Waals surface area contributed by atoms with Crippen molar-refractivity contribution in [2.75, 3.05) is 37.6 Å². The number of piperazine rings is 1. The molecule has 1 saturated heterocycles. The third-order valence-corrected chi connectivity index (χ3v) is 3.85. The molecule has 0 bridgehead atoms. The second-order valence-corrected chi connectivity index (χ2v) is 5.38. The van der Waals surface area contributed by atoms with E-state index in [0.29, 0.717) is 6.42 Å². The first-order chi connectivity index (χ1) is 10.3. The molecule has 1 aliphatic heterocycles. The average molecular weight is 364 g/mol. The number of nitrogens with zero attached hydrogens (tertiary/aromatic N) is 4. The second-order valence-electron chi connectivity index (χ2n) is 5.38. The molecule has 2 N–H and O–H groups in total. The Balaban J connectivity index is 0.00000242. The maximum absolute atomic E-state index is 12.1. The van der Waals surface area contributed by atoms with E-state index in [-0.39, 0.29) is 30.7 Å². The molecule has 8 heteroatoms. The topological polar surface area (TPSA) is 75.4 Å². The van der Waals surface area contributed by atoms with E-state index in [1.165, 1.54) is 0 Å². The van der Waals surface area contributed by atoms with Crippen LogP contribution in [-0.4, -0.2) is 53.5 Å². The Bertz CT molecular complexity index is 427. The zero-order chi connectivity index (χ0) is 14.9. The van der Waals surface area contributed by atoms with Gasteiger partial charge in [0, 0.05) is 45.0 Å². The van der Waals surface area contributed by atoms with Crippen LogP contribution in [0.2, 0.25) is 0 Å². The van der Waals surface area contributed by atoms with Crippen molar-refractivity contribution in [2.45, 2.75) is 32.1 Å². The molecule has 1 amide bonds. The maximum atomic E-state index is 12.1. The normalized spacial score (nSPS) is 14.0. The molecule has 132 valence electrons. The molecule has 0 unspecified atom stereocenters. The van der Waals surface area contributed by atoms with E-state index in [1.807, 2.05) is 4.90 Å². The van der Waals surface area contributed by atoms with Gasteiger partial charge in [0.15, 0.2) is 0 Å². The van der Waals surface area contributed by atoms with E-state index in [2.05, 4.69) is 14.9 Å². The maximum Gasteiger partial charge on any atom is 0.222 e. The van der Waals surface area contributed by atoms with Crippen LogP contribution >= 0.6 is 24.8 Å². The zero-order valence-corrected chi connectivity index (χ0v) is 15.0. The average Bonchev–Trinajstić information content (AvgIpc) is 2.55. The van der Waals surface area contributed by atoms with Crippen LogP contribution in [0.5, 0.6) is 0 Å². The highest BCUT2D eigenvalue weighted by atomic mass is 35.5. The molecule has 1 aromatic rings. The van der Waals surface area contributed by atoms with Crippen molar-refractivity contribution in [1.29, 1.82) is 0 Å². The molecule has 0 aliphatic carbocycles. The van der Waals surface area contributed by atoms with Gasteiger partial charge < -0.3 is 15.5 Å². The van der Waals surface area contributed by atoms with Gasteiger partial charge in [0.05, 0.1) is 6.20 Å². The third kappa shape index (κ3) is 7.33. The van der Waals surface area contributed by atoms with Gasteiger partial charge in [-0.1, -0.05) is 12.8 Å². The number of anilines is 1. The van der Waals surface area contributed by atoms with Gasteiger partial charge in [-0.15, -0.1) is 24.8 Å². The Morgan fingerprint density at radius 2 is 1.74 bits per heavy atom. The lowest BCUT2D eigenvalue weighted by atomic mass is 10.1. The van der Waals surface area contributed by atoms with Gasteiger partial charge in [-0.25, -0.2) is 4.98 Å². The first kappa shape index (κ1) is 21.9.